The lowest BCUT2D eigenvalue weighted by molar-refractivity contribution is -0.128. The third-order valence-corrected chi connectivity index (χ3v) is 7.61. The monoisotopic (exact) mass is 493 g/mol. The first-order valence-corrected chi connectivity index (χ1v) is 13.0. The molecule has 6 nitrogen and oxygen atoms in total. The largest absolute Gasteiger partial charge is 0.366 e. The van der Waals surface area contributed by atoms with Crippen molar-refractivity contribution in [2.24, 2.45) is 0 Å². The Hall–Kier alpha value is -3.17. The van der Waals surface area contributed by atoms with Crippen molar-refractivity contribution in [3.63, 3.8) is 0 Å². The standard InChI is InChI=1S/C25H24FN5OS2/c26-20-9-4-5-10-21(20)29-12-14-30(15-13-29)23(32)18-34-25-28-27-24(22-11-6-16-33-22)31(25)17-19-7-2-1-3-8-19/h1-11,16H,12-15,17-18H2. The molecule has 0 saturated carbocycles. The zero-order chi connectivity index (χ0) is 23.3. The minimum Gasteiger partial charge on any atom is -0.366 e. The van der Waals surface area contributed by atoms with Crippen LogP contribution in [0.15, 0.2) is 77.3 Å². The number of rotatable bonds is 7. The van der Waals surface area contributed by atoms with Gasteiger partial charge in [-0.2, -0.15) is 0 Å². The third kappa shape index (κ3) is 5.00. The normalized spacial score (nSPS) is 13.9. The fourth-order valence-electron chi connectivity index (χ4n) is 4.01. The van der Waals surface area contributed by atoms with Crippen molar-refractivity contribution < 1.29 is 9.18 Å². The molecule has 1 aliphatic rings. The summed E-state index contributed by atoms with van der Waals surface area (Å²) in [5.74, 6) is 0.936. The number of hydrogen-bond acceptors (Lipinski definition) is 6. The van der Waals surface area contributed by atoms with Crippen molar-refractivity contribution >= 4 is 34.7 Å². The first-order chi connectivity index (χ1) is 16.7. The second-order valence-corrected chi connectivity index (χ2v) is 9.85. The van der Waals surface area contributed by atoms with E-state index in [0.717, 1.165) is 21.4 Å². The molecule has 0 radical (unpaired) electrons. The first kappa shape index (κ1) is 22.6. The number of thiophene rings is 1. The molecule has 0 spiro atoms. The van der Waals surface area contributed by atoms with Gasteiger partial charge >= 0.3 is 0 Å². The van der Waals surface area contributed by atoms with Crippen molar-refractivity contribution in [3.8, 4) is 10.7 Å². The highest BCUT2D eigenvalue weighted by molar-refractivity contribution is 7.99. The van der Waals surface area contributed by atoms with E-state index in [1.54, 1.807) is 23.5 Å². The van der Waals surface area contributed by atoms with Gasteiger partial charge < -0.3 is 9.80 Å². The van der Waals surface area contributed by atoms with Gasteiger partial charge in [-0.3, -0.25) is 9.36 Å². The molecule has 0 aliphatic carbocycles. The summed E-state index contributed by atoms with van der Waals surface area (Å²) in [6, 6.07) is 21.0. The highest BCUT2D eigenvalue weighted by Crippen LogP contribution is 2.28. The lowest BCUT2D eigenvalue weighted by Crippen LogP contribution is -2.49. The van der Waals surface area contributed by atoms with Crippen LogP contribution in [0.25, 0.3) is 10.7 Å². The Balaban J connectivity index is 1.24. The average molecular weight is 494 g/mol. The highest BCUT2D eigenvalue weighted by atomic mass is 32.2. The Morgan fingerprint density at radius 3 is 2.44 bits per heavy atom. The van der Waals surface area contributed by atoms with Crippen LogP contribution >= 0.6 is 23.1 Å². The molecule has 0 atom stereocenters. The summed E-state index contributed by atoms with van der Waals surface area (Å²) in [6.45, 7) is 3.02. The summed E-state index contributed by atoms with van der Waals surface area (Å²) in [6.07, 6.45) is 0. The van der Waals surface area contributed by atoms with Crippen molar-refractivity contribution in [1.29, 1.82) is 0 Å². The number of thioether (sulfide) groups is 1. The minimum absolute atomic E-state index is 0.0603. The molecular weight excluding hydrogens is 469 g/mol. The second kappa shape index (κ2) is 10.4. The Kier molecular flexibility index (Phi) is 6.92. The predicted octanol–water partition coefficient (Wildman–Crippen LogP) is 4.63. The number of carbonyl (C=O) groups is 1. The molecule has 0 bridgehead atoms. The minimum atomic E-state index is -0.225. The second-order valence-electron chi connectivity index (χ2n) is 7.96. The van der Waals surface area contributed by atoms with Crippen molar-refractivity contribution in [2.45, 2.75) is 11.7 Å². The number of benzene rings is 2. The molecule has 1 fully saturated rings. The van der Waals surface area contributed by atoms with Crippen LogP contribution in [0.2, 0.25) is 0 Å². The molecule has 2 aromatic heterocycles. The van der Waals surface area contributed by atoms with Crippen LogP contribution in [0.5, 0.6) is 0 Å². The number of halogens is 1. The first-order valence-electron chi connectivity index (χ1n) is 11.1. The molecule has 9 heteroatoms. The smallest absolute Gasteiger partial charge is 0.233 e. The Bertz CT molecular complexity index is 1240. The Morgan fingerprint density at radius 1 is 0.941 bits per heavy atom. The van der Waals surface area contributed by atoms with Gasteiger partial charge in [0, 0.05) is 26.2 Å². The van der Waals surface area contributed by atoms with E-state index >= 15 is 0 Å². The number of piperazine rings is 1. The molecule has 1 saturated heterocycles. The number of anilines is 1. The van der Waals surface area contributed by atoms with Gasteiger partial charge in [-0.1, -0.05) is 60.3 Å². The van der Waals surface area contributed by atoms with Crippen LogP contribution in [0.4, 0.5) is 10.1 Å². The molecule has 34 heavy (non-hydrogen) atoms. The molecule has 3 heterocycles. The van der Waals surface area contributed by atoms with E-state index in [-0.39, 0.29) is 17.5 Å². The van der Waals surface area contributed by atoms with Crippen LogP contribution in [-0.2, 0) is 11.3 Å². The van der Waals surface area contributed by atoms with E-state index < -0.39 is 0 Å². The lowest BCUT2D eigenvalue weighted by Gasteiger charge is -2.36. The van der Waals surface area contributed by atoms with Crippen molar-refractivity contribution in [1.82, 2.24) is 19.7 Å². The fourth-order valence-corrected chi connectivity index (χ4v) is 5.57. The van der Waals surface area contributed by atoms with E-state index in [2.05, 4.69) is 26.9 Å². The molecule has 2 aromatic carbocycles. The number of amides is 1. The van der Waals surface area contributed by atoms with E-state index in [4.69, 9.17) is 0 Å². The highest BCUT2D eigenvalue weighted by Gasteiger charge is 2.24. The van der Waals surface area contributed by atoms with E-state index in [0.29, 0.717) is 38.4 Å². The van der Waals surface area contributed by atoms with Gasteiger partial charge in [-0.25, -0.2) is 4.39 Å². The van der Waals surface area contributed by atoms with Crippen LogP contribution in [0.3, 0.4) is 0 Å². The average Bonchev–Trinajstić information content (AvgIpc) is 3.54. The summed E-state index contributed by atoms with van der Waals surface area (Å²) in [7, 11) is 0. The zero-order valence-corrected chi connectivity index (χ0v) is 20.1. The molecule has 1 amide bonds. The van der Waals surface area contributed by atoms with Gasteiger partial charge in [-0.15, -0.1) is 21.5 Å². The molecule has 5 rings (SSSR count). The van der Waals surface area contributed by atoms with Crippen molar-refractivity contribution in [2.75, 3.05) is 36.8 Å². The van der Waals surface area contributed by atoms with Crippen LogP contribution in [-0.4, -0.2) is 57.5 Å². The molecular formula is C25H24FN5OS2. The fraction of sp³-hybridized carbons (Fsp3) is 0.240. The number of para-hydroxylation sites is 1. The molecule has 1 aliphatic heterocycles. The van der Waals surface area contributed by atoms with Gasteiger partial charge in [0.15, 0.2) is 11.0 Å². The quantitative estimate of drug-likeness (QED) is 0.351. The van der Waals surface area contributed by atoms with E-state index in [1.165, 1.54) is 17.8 Å². The summed E-state index contributed by atoms with van der Waals surface area (Å²) >= 11 is 3.04. The third-order valence-electron chi connectivity index (χ3n) is 5.79. The Labute approximate surface area is 206 Å². The molecule has 4 aromatic rings. The SMILES string of the molecule is O=C(CSc1nnc(-c2cccs2)n1Cc1ccccc1)N1CCN(c2ccccc2F)CC1. The van der Waals surface area contributed by atoms with Gasteiger partial charge in [-0.05, 0) is 29.1 Å². The summed E-state index contributed by atoms with van der Waals surface area (Å²) in [5.41, 5.74) is 1.75. The molecule has 0 unspecified atom stereocenters. The molecule has 174 valence electrons. The van der Waals surface area contributed by atoms with Gasteiger partial charge in [0.25, 0.3) is 0 Å². The van der Waals surface area contributed by atoms with Gasteiger partial charge in [0.1, 0.15) is 5.82 Å². The maximum absolute atomic E-state index is 14.1. The van der Waals surface area contributed by atoms with Crippen LogP contribution in [0, 0.1) is 5.82 Å². The summed E-state index contributed by atoms with van der Waals surface area (Å²) in [4.78, 5) is 17.8. The predicted molar refractivity (Wildman–Crippen MR) is 135 cm³/mol. The van der Waals surface area contributed by atoms with Gasteiger partial charge in [0.2, 0.25) is 5.91 Å². The maximum Gasteiger partial charge on any atom is 0.233 e. The zero-order valence-electron chi connectivity index (χ0n) is 18.5. The van der Waals surface area contributed by atoms with E-state index in [1.807, 2.05) is 51.6 Å². The van der Waals surface area contributed by atoms with Crippen LogP contribution in [0.1, 0.15) is 5.56 Å². The number of nitrogens with zero attached hydrogens (tertiary/aromatic N) is 5. The van der Waals surface area contributed by atoms with Crippen LogP contribution < -0.4 is 4.90 Å². The van der Waals surface area contributed by atoms with E-state index in [9.17, 15) is 9.18 Å². The maximum atomic E-state index is 14.1. The number of hydrogen-bond donors (Lipinski definition) is 0. The number of aromatic nitrogens is 3. The lowest BCUT2D eigenvalue weighted by atomic mass is 10.2. The van der Waals surface area contributed by atoms with Crippen molar-refractivity contribution in [3.05, 3.63) is 83.5 Å². The number of carbonyl (C=O) groups excluding carboxylic acids is 1. The van der Waals surface area contributed by atoms with Gasteiger partial charge in [0.05, 0.1) is 22.9 Å². The summed E-state index contributed by atoms with van der Waals surface area (Å²) < 4.78 is 16.2. The Morgan fingerprint density at radius 2 is 1.71 bits per heavy atom. The molecule has 0 N–H and O–H groups in total. The topological polar surface area (TPSA) is 54.3 Å². The summed E-state index contributed by atoms with van der Waals surface area (Å²) in [5, 5.41) is 11.6.